The van der Waals surface area contributed by atoms with Gasteiger partial charge in [-0.15, -0.1) is 0 Å². The fourth-order valence-electron chi connectivity index (χ4n) is 3.53. The van der Waals surface area contributed by atoms with E-state index in [0.717, 1.165) is 57.2 Å². The van der Waals surface area contributed by atoms with Gasteiger partial charge in [0.2, 0.25) is 0 Å². The lowest BCUT2D eigenvalue weighted by molar-refractivity contribution is -0.384. The average molecular weight is 335 g/mol. The van der Waals surface area contributed by atoms with Gasteiger partial charge in [-0.2, -0.15) is 0 Å². The maximum Gasteiger partial charge on any atom is 0.269 e. The van der Waals surface area contributed by atoms with Gasteiger partial charge in [-0.05, 0) is 18.4 Å². The van der Waals surface area contributed by atoms with E-state index in [1.807, 2.05) is 6.07 Å². The number of nitro benzene ring substituents is 1. The van der Waals surface area contributed by atoms with Crippen LogP contribution in [0.3, 0.4) is 0 Å². The summed E-state index contributed by atoms with van der Waals surface area (Å²) < 4.78 is 10.7. The molecule has 2 aliphatic rings. The van der Waals surface area contributed by atoms with Crippen LogP contribution in [0.1, 0.15) is 12.0 Å². The van der Waals surface area contributed by atoms with Gasteiger partial charge in [0.25, 0.3) is 5.69 Å². The number of anilines is 1. The van der Waals surface area contributed by atoms with Crippen molar-refractivity contribution in [2.45, 2.75) is 13.0 Å². The van der Waals surface area contributed by atoms with Crippen molar-refractivity contribution in [1.82, 2.24) is 4.90 Å². The van der Waals surface area contributed by atoms with Gasteiger partial charge in [0.1, 0.15) is 0 Å². The molecule has 2 aliphatic heterocycles. The number of methoxy groups -OCH3 is 1. The normalized spacial score (nSPS) is 22.0. The lowest BCUT2D eigenvalue weighted by Crippen LogP contribution is -2.48. The van der Waals surface area contributed by atoms with Crippen molar-refractivity contribution in [3.8, 4) is 0 Å². The molecule has 0 aliphatic carbocycles. The molecule has 2 fully saturated rings. The van der Waals surface area contributed by atoms with Gasteiger partial charge in [0.05, 0.1) is 18.1 Å². The number of nitro groups is 1. The van der Waals surface area contributed by atoms with Crippen LogP contribution >= 0.6 is 0 Å². The number of ether oxygens (including phenoxy) is 2. The Hall–Kier alpha value is -1.70. The molecule has 0 N–H and O–H groups in total. The number of non-ortho nitro benzene ring substituents is 1. The maximum atomic E-state index is 11.0. The molecule has 132 valence electrons. The van der Waals surface area contributed by atoms with Gasteiger partial charge in [0, 0.05) is 69.8 Å². The fraction of sp³-hybridized carbons (Fsp3) is 0.647. The third-order valence-corrected chi connectivity index (χ3v) is 4.83. The van der Waals surface area contributed by atoms with Crippen LogP contribution in [0.4, 0.5) is 11.4 Å². The molecule has 0 saturated carbocycles. The van der Waals surface area contributed by atoms with E-state index in [-0.39, 0.29) is 10.6 Å². The summed E-state index contributed by atoms with van der Waals surface area (Å²) in [5.41, 5.74) is 2.04. The molecule has 1 unspecified atom stereocenters. The van der Waals surface area contributed by atoms with E-state index in [4.69, 9.17) is 9.47 Å². The first-order valence-corrected chi connectivity index (χ1v) is 8.48. The van der Waals surface area contributed by atoms with E-state index >= 15 is 0 Å². The van der Waals surface area contributed by atoms with Crippen LogP contribution in [0.15, 0.2) is 18.2 Å². The average Bonchev–Trinajstić information content (AvgIpc) is 3.09. The minimum Gasteiger partial charge on any atom is -0.381 e. The van der Waals surface area contributed by atoms with E-state index in [1.54, 1.807) is 19.2 Å². The van der Waals surface area contributed by atoms with Gasteiger partial charge < -0.3 is 14.4 Å². The molecule has 0 spiro atoms. The largest absolute Gasteiger partial charge is 0.381 e. The highest BCUT2D eigenvalue weighted by Crippen LogP contribution is 2.27. The highest BCUT2D eigenvalue weighted by atomic mass is 16.6. The Kier molecular flexibility index (Phi) is 5.65. The van der Waals surface area contributed by atoms with Crippen LogP contribution in [0.25, 0.3) is 0 Å². The smallest absolute Gasteiger partial charge is 0.269 e. The number of benzene rings is 1. The summed E-state index contributed by atoms with van der Waals surface area (Å²) in [6.45, 7) is 7.17. The first-order valence-electron chi connectivity index (χ1n) is 8.48. The summed E-state index contributed by atoms with van der Waals surface area (Å²) >= 11 is 0. The lowest BCUT2D eigenvalue weighted by Gasteiger charge is -2.37. The molecule has 7 heteroatoms. The molecule has 0 amide bonds. The summed E-state index contributed by atoms with van der Waals surface area (Å²) in [5, 5.41) is 11.0. The van der Waals surface area contributed by atoms with Crippen molar-refractivity contribution in [3.05, 3.63) is 33.9 Å². The second-order valence-electron chi connectivity index (χ2n) is 6.52. The molecule has 0 radical (unpaired) electrons. The van der Waals surface area contributed by atoms with Crippen molar-refractivity contribution >= 4 is 11.4 Å². The van der Waals surface area contributed by atoms with Gasteiger partial charge in [0.15, 0.2) is 0 Å². The van der Waals surface area contributed by atoms with Crippen molar-refractivity contribution < 1.29 is 14.4 Å². The number of hydrogen-bond donors (Lipinski definition) is 0. The van der Waals surface area contributed by atoms with E-state index in [1.165, 1.54) is 6.42 Å². The Balaban J connectivity index is 1.63. The quantitative estimate of drug-likeness (QED) is 0.584. The lowest BCUT2D eigenvalue weighted by atomic mass is 10.1. The van der Waals surface area contributed by atoms with E-state index in [0.29, 0.717) is 12.5 Å². The van der Waals surface area contributed by atoms with E-state index in [9.17, 15) is 10.1 Å². The zero-order valence-corrected chi connectivity index (χ0v) is 14.1. The molecule has 1 atom stereocenters. The third kappa shape index (κ3) is 4.03. The van der Waals surface area contributed by atoms with Crippen LogP contribution < -0.4 is 4.90 Å². The van der Waals surface area contributed by atoms with Crippen molar-refractivity contribution in [2.75, 3.05) is 57.9 Å². The molecule has 3 rings (SSSR count). The summed E-state index contributed by atoms with van der Waals surface area (Å²) in [7, 11) is 1.62. The molecule has 1 aromatic rings. The highest BCUT2D eigenvalue weighted by molar-refractivity contribution is 5.58. The zero-order valence-electron chi connectivity index (χ0n) is 14.1. The molecule has 0 aromatic heterocycles. The summed E-state index contributed by atoms with van der Waals surface area (Å²) in [6.07, 6.45) is 1.17. The Morgan fingerprint density at radius 3 is 2.75 bits per heavy atom. The molecule has 2 heterocycles. The highest BCUT2D eigenvalue weighted by Gasteiger charge is 2.24. The van der Waals surface area contributed by atoms with Crippen LogP contribution in [0.5, 0.6) is 0 Å². The monoisotopic (exact) mass is 335 g/mol. The van der Waals surface area contributed by atoms with Gasteiger partial charge in [-0.3, -0.25) is 15.0 Å². The van der Waals surface area contributed by atoms with Crippen molar-refractivity contribution in [1.29, 1.82) is 0 Å². The Labute approximate surface area is 142 Å². The van der Waals surface area contributed by atoms with Crippen LogP contribution in [0, 0.1) is 16.0 Å². The molecule has 7 nitrogen and oxygen atoms in total. The number of hydrogen-bond acceptors (Lipinski definition) is 6. The predicted octanol–water partition coefficient (Wildman–Crippen LogP) is 1.90. The van der Waals surface area contributed by atoms with Gasteiger partial charge in [-0.1, -0.05) is 0 Å². The van der Waals surface area contributed by atoms with Crippen LogP contribution in [-0.2, 0) is 16.1 Å². The molecular formula is C17H25N3O4. The second kappa shape index (κ2) is 7.92. The standard InChI is InChI=1S/C17H25N3O4/c1-23-13-15-10-16(20(21)22)2-3-17(15)19-7-5-18(6-8-19)11-14-4-9-24-12-14/h2-3,10,14H,4-9,11-13H2,1H3. The first kappa shape index (κ1) is 17.1. The Bertz CT molecular complexity index is 567. The predicted molar refractivity (Wildman–Crippen MR) is 91.4 cm³/mol. The fourth-order valence-corrected chi connectivity index (χ4v) is 3.53. The van der Waals surface area contributed by atoms with E-state index in [2.05, 4.69) is 9.80 Å². The van der Waals surface area contributed by atoms with Crippen molar-refractivity contribution in [3.63, 3.8) is 0 Å². The minimum absolute atomic E-state index is 0.116. The Morgan fingerprint density at radius 2 is 2.12 bits per heavy atom. The summed E-state index contributed by atoms with van der Waals surface area (Å²) in [6, 6.07) is 5.06. The molecule has 0 bridgehead atoms. The topological polar surface area (TPSA) is 68.1 Å². The minimum atomic E-state index is -0.357. The second-order valence-corrected chi connectivity index (χ2v) is 6.52. The van der Waals surface area contributed by atoms with Gasteiger partial charge >= 0.3 is 0 Å². The summed E-state index contributed by atoms with van der Waals surface area (Å²) in [4.78, 5) is 15.4. The number of nitrogens with zero attached hydrogens (tertiary/aromatic N) is 3. The number of rotatable bonds is 6. The maximum absolute atomic E-state index is 11.0. The van der Waals surface area contributed by atoms with E-state index < -0.39 is 0 Å². The zero-order chi connectivity index (χ0) is 16.9. The molecule has 2 saturated heterocycles. The van der Waals surface area contributed by atoms with Crippen LogP contribution in [-0.4, -0.2) is 62.9 Å². The SMILES string of the molecule is COCc1cc([N+](=O)[O-])ccc1N1CCN(CC2CCOC2)CC1. The third-order valence-electron chi connectivity index (χ3n) is 4.83. The summed E-state index contributed by atoms with van der Waals surface area (Å²) in [5.74, 6) is 0.667. The Morgan fingerprint density at radius 1 is 1.33 bits per heavy atom. The first-order chi connectivity index (χ1) is 11.7. The van der Waals surface area contributed by atoms with Gasteiger partial charge in [-0.25, -0.2) is 0 Å². The molecular weight excluding hydrogens is 310 g/mol. The molecule has 24 heavy (non-hydrogen) atoms. The molecule has 1 aromatic carbocycles. The van der Waals surface area contributed by atoms with Crippen molar-refractivity contribution in [2.24, 2.45) is 5.92 Å². The van der Waals surface area contributed by atoms with Crippen LogP contribution in [0.2, 0.25) is 0 Å². The number of piperazine rings is 1.